The van der Waals surface area contributed by atoms with Crippen LogP contribution in [0.15, 0.2) is 6.20 Å². The van der Waals surface area contributed by atoms with E-state index in [1.807, 2.05) is 13.8 Å². The molecule has 0 saturated heterocycles. The van der Waals surface area contributed by atoms with Gasteiger partial charge in [-0.05, 0) is 19.9 Å². The first-order valence-corrected chi connectivity index (χ1v) is 7.69. The minimum atomic E-state index is -3.29. The summed E-state index contributed by atoms with van der Waals surface area (Å²) in [5.41, 5.74) is 1.23. The first-order chi connectivity index (χ1) is 8.30. The Bertz CT molecular complexity index is 479. The molecule has 1 heterocycles. The third-order valence-corrected chi connectivity index (χ3v) is 3.78. The predicted molar refractivity (Wildman–Crippen MR) is 73.1 cm³/mol. The van der Waals surface area contributed by atoms with Crippen LogP contribution in [0.1, 0.15) is 26.0 Å². The second-order valence-electron chi connectivity index (χ2n) is 4.69. The zero-order valence-electron chi connectivity index (χ0n) is 11.4. The van der Waals surface area contributed by atoms with E-state index < -0.39 is 10.0 Å². The van der Waals surface area contributed by atoms with Gasteiger partial charge in [-0.25, -0.2) is 8.42 Å². The summed E-state index contributed by atoms with van der Waals surface area (Å²) in [7, 11) is -1.52. The van der Waals surface area contributed by atoms with Gasteiger partial charge in [0.15, 0.2) is 0 Å². The lowest BCUT2D eigenvalue weighted by Crippen LogP contribution is -2.26. The smallest absolute Gasteiger partial charge is 0.232 e. The van der Waals surface area contributed by atoms with Crippen molar-refractivity contribution in [2.45, 2.75) is 33.2 Å². The molecule has 0 aliphatic carbocycles. The molecule has 0 spiro atoms. The van der Waals surface area contributed by atoms with E-state index in [1.165, 1.54) is 0 Å². The van der Waals surface area contributed by atoms with Gasteiger partial charge in [0.25, 0.3) is 0 Å². The van der Waals surface area contributed by atoms with Gasteiger partial charge in [-0.1, -0.05) is 13.8 Å². The van der Waals surface area contributed by atoms with E-state index in [4.69, 9.17) is 0 Å². The SMILES string of the molecule is Cc1nn(C)cc1NS(=O)(=O)CCCNC(C)C. The molecule has 0 bridgehead atoms. The summed E-state index contributed by atoms with van der Waals surface area (Å²) in [5.74, 6) is 0.112. The topological polar surface area (TPSA) is 76.0 Å². The zero-order chi connectivity index (χ0) is 13.8. The van der Waals surface area contributed by atoms with Crippen LogP contribution in [-0.2, 0) is 17.1 Å². The van der Waals surface area contributed by atoms with E-state index in [0.717, 1.165) is 0 Å². The lowest BCUT2D eigenvalue weighted by molar-refractivity contribution is 0.571. The van der Waals surface area contributed by atoms with E-state index >= 15 is 0 Å². The molecule has 6 nitrogen and oxygen atoms in total. The quantitative estimate of drug-likeness (QED) is 0.723. The van der Waals surface area contributed by atoms with Gasteiger partial charge in [-0.2, -0.15) is 5.10 Å². The maximum atomic E-state index is 11.8. The van der Waals surface area contributed by atoms with Crippen LogP contribution in [0.3, 0.4) is 0 Å². The fourth-order valence-corrected chi connectivity index (χ4v) is 2.73. The fourth-order valence-electron chi connectivity index (χ4n) is 1.57. The Labute approximate surface area is 109 Å². The first kappa shape index (κ1) is 15.0. The lowest BCUT2D eigenvalue weighted by atomic mass is 10.4. The lowest BCUT2D eigenvalue weighted by Gasteiger charge is -2.09. The molecule has 7 heteroatoms. The number of nitrogens with one attached hydrogen (secondary N) is 2. The Kier molecular flexibility index (Phi) is 5.15. The van der Waals surface area contributed by atoms with Crippen LogP contribution >= 0.6 is 0 Å². The molecular weight excluding hydrogens is 252 g/mol. The molecule has 0 aromatic carbocycles. The number of nitrogens with zero attached hydrogens (tertiary/aromatic N) is 2. The van der Waals surface area contributed by atoms with Crippen LogP contribution in [0, 0.1) is 6.92 Å². The highest BCUT2D eigenvalue weighted by Crippen LogP contribution is 2.13. The molecule has 0 aliphatic rings. The van der Waals surface area contributed by atoms with Gasteiger partial charge in [0.05, 0.1) is 17.1 Å². The van der Waals surface area contributed by atoms with E-state index in [9.17, 15) is 8.42 Å². The number of aromatic nitrogens is 2. The predicted octanol–water partition coefficient (Wildman–Crippen LogP) is 0.858. The van der Waals surface area contributed by atoms with Crippen LogP contribution in [0.5, 0.6) is 0 Å². The normalized spacial score (nSPS) is 12.1. The molecular formula is C11H22N4O2S. The summed E-state index contributed by atoms with van der Waals surface area (Å²) in [5, 5.41) is 7.28. The third-order valence-electron chi connectivity index (χ3n) is 2.42. The molecule has 1 aromatic heterocycles. The minimum Gasteiger partial charge on any atom is -0.314 e. The van der Waals surface area contributed by atoms with Gasteiger partial charge in [-0.3, -0.25) is 9.40 Å². The summed E-state index contributed by atoms with van der Waals surface area (Å²) in [6, 6.07) is 0.376. The van der Waals surface area contributed by atoms with Crippen molar-refractivity contribution in [2.75, 3.05) is 17.0 Å². The van der Waals surface area contributed by atoms with Gasteiger partial charge >= 0.3 is 0 Å². The van der Waals surface area contributed by atoms with Crippen molar-refractivity contribution in [2.24, 2.45) is 7.05 Å². The van der Waals surface area contributed by atoms with Crippen LogP contribution in [-0.4, -0.2) is 36.5 Å². The van der Waals surface area contributed by atoms with Crippen molar-refractivity contribution in [3.8, 4) is 0 Å². The number of aryl methyl sites for hydroxylation is 2. The highest BCUT2D eigenvalue weighted by molar-refractivity contribution is 7.92. The molecule has 2 N–H and O–H groups in total. The monoisotopic (exact) mass is 274 g/mol. The Morgan fingerprint density at radius 1 is 1.44 bits per heavy atom. The van der Waals surface area contributed by atoms with Crippen molar-refractivity contribution < 1.29 is 8.42 Å². The molecule has 0 saturated carbocycles. The maximum absolute atomic E-state index is 11.8. The molecule has 0 fully saturated rings. The largest absolute Gasteiger partial charge is 0.314 e. The number of rotatable bonds is 7. The number of hydrogen-bond acceptors (Lipinski definition) is 4. The summed E-state index contributed by atoms with van der Waals surface area (Å²) in [4.78, 5) is 0. The maximum Gasteiger partial charge on any atom is 0.232 e. The molecule has 0 unspecified atom stereocenters. The fraction of sp³-hybridized carbons (Fsp3) is 0.727. The molecule has 0 radical (unpaired) electrons. The van der Waals surface area contributed by atoms with Crippen molar-refractivity contribution in [1.29, 1.82) is 0 Å². The molecule has 0 amide bonds. The number of sulfonamides is 1. The average Bonchev–Trinajstić information content (AvgIpc) is 2.51. The van der Waals surface area contributed by atoms with Crippen molar-refractivity contribution in [1.82, 2.24) is 15.1 Å². The van der Waals surface area contributed by atoms with Crippen molar-refractivity contribution in [3.05, 3.63) is 11.9 Å². The van der Waals surface area contributed by atoms with E-state index in [2.05, 4.69) is 15.1 Å². The molecule has 0 atom stereocenters. The average molecular weight is 274 g/mol. The molecule has 0 aliphatic heterocycles. The minimum absolute atomic E-state index is 0.112. The second-order valence-corrected chi connectivity index (χ2v) is 6.53. The number of anilines is 1. The Hall–Kier alpha value is -1.08. The van der Waals surface area contributed by atoms with Gasteiger partial charge in [0.1, 0.15) is 0 Å². The van der Waals surface area contributed by atoms with Gasteiger partial charge in [0, 0.05) is 19.3 Å². The van der Waals surface area contributed by atoms with Gasteiger partial charge in [-0.15, -0.1) is 0 Å². The summed E-state index contributed by atoms with van der Waals surface area (Å²) in [6.07, 6.45) is 2.26. The Morgan fingerprint density at radius 2 is 2.11 bits per heavy atom. The highest BCUT2D eigenvalue weighted by Gasteiger charge is 2.13. The van der Waals surface area contributed by atoms with E-state index in [-0.39, 0.29) is 5.75 Å². The molecule has 18 heavy (non-hydrogen) atoms. The Balaban J connectivity index is 2.47. The number of hydrogen-bond donors (Lipinski definition) is 2. The van der Waals surface area contributed by atoms with Gasteiger partial charge in [0.2, 0.25) is 10.0 Å². The summed E-state index contributed by atoms with van der Waals surface area (Å²) >= 11 is 0. The van der Waals surface area contributed by atoms with Crippen LogP contribution in [0.2, 0.25) is 0 Å². The third kappa shape index (κ3) is 5.05. The standard InChI is InChI=1S/C11H22N4O2S/c1-9(2)12-6-5-7-18(16,17)14-11-8-15(4)13-10(11)3/h8-9,12,14H,5-7H2,1-4H3. The Morgan fingerprint density at radius 3 is 2.61 bits per heavy atom. The highest BCUT2D eigenvalue weighted by atomic mass is 32.2. The molecule has 1 rings (SSSR count). The summed E-state index contributed by atoms with van der Waals surface area (Å²) in [6.45, 7) is 6.54. The van der Waals surface area contributed by atoms with E-state index in [1.54, 1.807) is 24.9 Å². The molecule has 104 valence electrons. The van der Waals surface area contributed by atoms with Crippen LogP contribution in [0.4, 0.5) is 5.69 Å². The zero-order valence-corrected chi connectivity index (χ0v) is 12.2. The van der Waals surface area contributed by atoms with Crippen LogP contribution < -0.4 is 10.0 Å². The van der Waals surface area contributed by atoms with Crippen LogP contribution in [0.25, 0.3) is 0 Å². The first-order valence-electron chi connectivity index (χ1n) is 6.04. The molecule has 1 aromatic rings. The van der Waals surface area contributed by atoms with Crippen molar-refractivity contribution in [3.63, 3.8) is 0 Å². The van der Waals surface area contributed by atoms with Gasteiger partial charge < -0.3 is 5.32 Å². The van der Waals surface area contributed by atoms with E-state index in [0.29, 0.717) is 30.4 Å². The second kappa shape index (κ2) is 6.19. The van der Waals surface area contributed by atoms with Crippen molar-refractivity contribution >= 4 is 15.7 Å². The summed E-state index contributed by atoms with van der Waals surface area (Å²) < 4.78 is 27.8.